The van der Waals surface area contributed by atoms with E-state index >= 15 is 0 Å². The predicted molar refractivity (Wildman–Crippen MR) is 104 cm³/mol. The van der Waals surface area contributed by atoms with Crippen LogP contribution in [-0.4, -0.2) is 31.4 Å². The van der Waals surface area contributed by atoms with Crippen molar-refractivity contribution in [3.05, 3.63) is 42.1 Å². The molecule has 3 rings (SSSR count). The molecule has 4 heteroatoms. The maximum Gasteiger partial charge on any atom is 0.162 e. The first kappa shape index (κ1) is 18.7. The molecule has 1 heterocycles. The molecule has 0 atom stereocenters. The SMILES string of the molecule is CCCOCCc1cccnc1-c1ccc(OC)c(OC2CCCC2)c1. The first-order chi connectivity index (χ1) is 12.8. The van der Waals surface area contributed by atoms with E-state index in [9.17, 15) is 0 Å². The highest BCUT2D eigenvalue weighted by molar-refractivity contribution is 5.67. The minimum atomic E-state index is 0.296. The maximum atomic E-state index is 6.23. The third-order valence-electron chi connectivity index (χ3n) is 4.79. The van der Waals surface area contributed by atoms with E-state index in [0.717, 1.165) is 55.0 Å². The van der Waals surface area contributed by atoms with E-state index in [2.05, 4.69) is 30.1 Å². The average molecular weight is 355 g/mol. The van der Waals surface area contributed by atoms with Crippen molar-refractivity contribution in [2.24, 2.45) is 0 Å². The van der Waals surface area contributed by atoms with Crippen molar-refractivity contribution in [2.75, 3.05) is 20.3 Å². The smallest absolute Gasteiger partial charge is 0.162 e. The fourth-order valence-corrected chi connectivity index (χ4v) is 3.43. The summed E-state index contributed by atoms with van der Waals surface area (Å²) < 4.78 is 17.4. The molecule has 4 nitrogen and oxygen atoms in total. The van der Waals surface area contributed by atoms with Crippen LogP contribution in [0.15, 0.2) is 36.5 Å². The van der Waals surface area contributed by atoms with Gasteiger partial charge in [0.25, 0.3) is 0 Å². The van der Waals surface area contributed by atoms with Gasteiger partial charge in [-0.2, -0.15) is 0 Å². The first-order valence-electron chi connectivity index (χ1n) is 9.68. The topological polar surface area (TPSA) is 40.6 Å². The van der Waals surface area contributed by atoms with Gasteiger partial charge < -0.3 is 14.2 Å². The van der Waals surface area contributed by atoms with Crippen molar-refractivity contribution < 1.29 is 14.2 Å². The van der Waals surface area contributed by atoms with Crippen LogP contribution in [0.4, 0.5) is 0 Å². The lowest BCUT2D eigenvalue weighted by Gasteiger charge is -2.17. The molecule has 140 valence electrons. The zero-order valence-corrected chi connectivity index (χ0v) is 15.9. The molecule has 1 aliphatic carbocycles. The number of aromatic nitrogens is 1. The van der Waals surface area contributed by atoms with E-state index in [1.807, 2.05) is 18.3 Å². The number of pyridine rings is 1. The van der Waals surface area contributed by atoms with Gasteiger partial charge in [-0.3, -0.25) is 4.98 Å². The second-order valence-corrected chi connectivity index (χ2v) is 6.76. The van der Waals surface area contributed by atoms with Gasteiger partial charge in [0, 0.05) is 18.4 Å². The van der Waals surface area contributed by atoms with Crippen molar-refractivity contribution in [3.63, 3.8) is 0 Å². The first-order valence-corrected chi connectivity index (χ1v) is 9.68. The molecule has 0 bridgehead atoms. The molecule has 1 aliphatic rings. The number of methoxy groups -OCH3 is 1. The van der Waals surface area contributed by atoms with Crippen LogP contribution in [-0.2, 0) is 11.2 Å². The summed E-state index contributed by atoms with van der Waals surface area (Å²) in [5.41, 5.74) is 3.25. The van der Waals surface area contributed by atoms with Crippen LogP contribution in [0.25, 0.3) is 11.3 Å². The summed E-state index contributed by atoms with van der Waals surface area (Å²) in [7, 11) is 1.69. The molecule has 0 saturated heterocycles. The second-order valence-electron chi connectivity index (χ2n) is 6.76. The second kappa shape index (κ2) is 9.58. The lowest BCUT2D eigenvalue weighted by atomic mass is 10.0. The Morgan fingerprint density at radius 2 is 1.92 bits per heavy atom. The highest BCUT2D eigenvalue weighted by atomic mass is 16.5. The summed E-state index contributed by atoms with van der Waals surface area (Å²) in [5, 5.41) is 0. The van der Waals surface area contributed by atoms with E-state index in [0.29, 0.717) is 12.7 Å². The summed E-state index contributed by atoms with van der Waals surface area (Å²) >= 11 is 0. The molecule has 0 radical (unpaired) electrons. The Morgan fingerprint density at radius 3 is 2.69 bits per heavy atom. The van der Waals surface area contributed by atoms with Crippen LogP contribution in [0.1, 0.15) is 44.6 Å². The van der Waals surface area contributed by atoms with Crippen LogP contribution in [0.5, 0.6) is 11.5 Å². The number of hydrogen-bond donors (Lipinski definition) is 0. The zero-order valence-electron chi connectivity index (χ0n) is 15.9. The number of ether oxygens (including phenoxy) is 3. The molecule has 26 heavy (non-hydrogen) atoms. The van der Waals surface area contributed by atoms with Crippen molar-refractivity contribution in [2.45, 2.75) is 51.6 Å². The van der Waals surface area contributed by atoms with E-state index in [1.54, 1.807) is 7.11 Å². The number of nitrogens with zero attached hydrogens (tertiary/aromatic N) is 1. The summed E-state index contributed by atoms with van der Waals surface area (Å²) in [4.78, 5) is 4.62. The molecule has 0 N–H and O–H groups in total. The standard InChI is InChI=1S/C22H29NO3/c1-3-14-25-15-12-17-7-6-13-23-22(17)18-10-11-20(24-2)21(16-18)26-19-8-4-5-9-19/h6-7,10-11,13,16,19H,3-5,8-9,12,14-15H2,1-2H3. The Labute approximate surface area is 156 Å². The lowest BCUT2D eigenvalue weighted by molar-refractivity contribution is 0.138. The Bertz CT molecular complexity index is 696. The van der Waals surface area contributed by atoms with Gasteiger partial charge in [0.05, 0.1) is 25.5 Å². The molecule has 1 saturated carbocycles. The van der Waals surface area contributed by atoms with E-state index in [1.165, 1.54) is 18.4 Å². The lowest BCUT2D eigenvalue weighted by Crippen LogP contribution is -2.11. The summed E-state index contributed by atoms with van der Waals surface area (Å²) in [6.45, 7) is 3.64. The van der Waals surface area contributed by atoms with Crippen molar-refractivity contribution in [3.8, 4) is 22.8 Å². The molecule has 2 aromatic rings. The molecule has 1 fully saturated rings. The Morgan fingerprint density at radius 1 is 1.08 bits per heavy atom. The van der Waals surface area contributed by atoms with Gasteiger partial charge in [0.15, 0.2) is 11.5 Å². The fraction of sp³-hybridized carbons (Fsp3) is 0.500. The van der Waals surface area contributed by atoms with Gasteiger partial charge in [-0.15, -0.1) is 0 Å². The fourth-order valence-electron chi connectivity index (χ4n) is 3.43. The van der Waals surface area contributed by atoms with Gasteiger partial charge in [0.2, 0.25) is 0 Å². The van der Waals surface area contributed by atoms with Gasteiger partial charge in [-0.1, -0.05) is 13.0 Å². The average Bonchev–Trinajstić information content (AvgIpc) is 3.19. The molecule has 0 amide bonds. The largest absolute Gasteiger partial charge is 0.493 e. The quantitative estimate of drug-likeness (QED) is 0.590. The van der Waals surface area contributed by atoms with Crippen LogP contribution in [0.2, 0.25) is 0 Å². The van der Waals surface area contributed by atoms with Gasteiger partial charge in [-0.25, -0.2) is 0 Å². The summed E-state index contributed by atoms with van der Waals surface area (Å²) in [6, 6.07) is 10.2. The Balaban J connectivity index is 1.82. The molecule has 0 unspecified atom stereocenters. The number of rotatable bonds is 9. The Hall–Kier alpha value is -2.07. The van der Waals surface area contributed by atoms with E-state index < -0.39 is 0 Å². The zero-order chi connectivity index (χ0) is 18.2. The summed E-state index contributed by atoms with van der Waals surface area (Å²) in [5.74, 6) is 1.60. The monoisotopic (exact) mass is 355 g/mol. The van der Waals surface area contributed by atoms with Gasteiger partial charge in [0.1, 0.15) is 0 Å². The predicted octanol–water partition coefficient (Wildman–Crippen LogP) is 5.05. The van der Waals surface area contributed by atoms with Gasteiger partial charge in [-0.05, 0) is 68.4 Å². The molecule has 0 aliphatic heterocycles. The molecule has 0 spiro atoms. The maximum absolute atomic E-state index is 6.23. The third kappa shape index (κ3) is 4.76. The third-order valence-corrected chi connectivity index (χ3v) is 4.79. The van der Waals surface area contributed by atoms with Crippen LogP contribution < -0.4 is 9.47 Å². The molecular formula is C22H29NO3. The summed E-state index contributed by atoms with van der Waals surface area (Å²) in [6.07, 6.45) is 8.77. The molecule has 1 aromatic heterocycles. The van der Waals surface area contributed by atoms with Crippen LogP contribution in [0, 0.1) is 0 Å². The van der Waals surface area contributed by atoms with Crippen LogP contribution in [0.3, 0.4) is 0 Å². The minimum Gasteiger partial charge on any atom is -0.493 e. The number of benzene rings is 1. The highest BCUT2D eigenvalue weighted by Gasteiger charge is 2.19. The minimum absolute atomic E-state index is 0.296. The van der Waals surface area contributed by atoms with Crippen molar-refractivity contribution in [1.82, 2.24) is 4.98 Å². The van der Waals surface area contributed by atoms with E-state index in [4.69, 9.17) is 14.2 Å². The highest BCUT2D eigenvalue weighted by Crippen LogP contribution is 2.35. The molecule has 1 aromatic carbocycles. The van der Waals surface area contributed by atoms with Gasteiger partial charge >= 0.3 is 0 Å². The van der Waals surface area contributed by atoms with Crippen molar-refractivity contribution in [1.29, 1.82) is 0 Å². The van der Waals surface area contributed by atoms with E-state index in [-0.39, 0.29) is 0 Å². The normalized spacial score (nSPS) is 14.5. The van der Waals surface area contributed by atoms with Crippen molar-refractivity contribution >= 4 is 0 Å². The van der Waals surface area contributed by atoms with Crippen LogP contribution >= 0.6 is 0 Å². The number of hydrogen-bond acceptors (Lipinski definition) is 4. The molecular weight excluding hydrogens is 326 g/mol. The Kier molecular flexibility index (Phi) is 6.89.